The van der Waals surface area contributed by atoms with Crippen LogP contribution in [0.1, 0.15) is 10.4 Å². The molecule has 6 heteroatoms. The molecule has 0 unspecified atom stereocenters. The van der Waals surface area contributed by atoms with Gasteiger partial charge in [0.1, 0.15) is 0 Å². The molecule has 1 amide bonds. The third-order valence-electron chi connectivity index (χ3n) is 2.19. The Kier molecular flexibility index (Phi) is 3.79. The van der Waals surface area contributed by atoms with Crippen molar-refractivity contribution in [2.75, 3.05) is 5.32 Å². The molecule has 2 rings (SSSR count). The second kappa shape index (κ2) is 5.33. The van der Waals surface area contributed by atoms with Gasteiger partial charge in [-0.3, -0.25) is 4.79 Å². The van der Waals surface area contributed by atoms with Crippen molar-refractivity contribution in [3.63, 3.8) is 0 Å². The fraction of sp³-hybridized carbons (Fsp3) is 0. The molecule has 0 atom stereocenters. The predicted octanol–water partition coefficient (Wildman–Crippen LogP) is 3.78. The number of carbonyl (C=O) groups is 1. The Morgan fingerprint density at radius 2 is 2.06 bits per heavy atom. The number of rotatable bonds is 2. The number of hydrogen-bond donors (Lipinski definition) is 1. The Bertz CT molecular complexity index is 604. The van der Waals surface area contributed by atoms with Crippen LogP contribution in [0.3, 0.4) is 0 Å². The Labute approximate surface area is 113 Å². The molecule has 1 N–H and O–H groups in total. The summed E-state index contributed by atoms with van der Waals surface area (Å²) in [5, 5.41) is 3.11. The SMILES string of the molecule is O=C(Nc1cccc(Cl)c1Cl)c1ccnc(F)c1. The van der Waals surface area contributed by atoms with Crippen molar-refractivity contribution in [2.45, 2.75) is 0 Å². The molecule has 1 aromatic heterocycles. The maximum atomic E-state index is 12.9. The van der Waals surface area contributed by atoms with E-state index in [9.17, 15) is 9.18 Å². The first-order chi connectivity index (χ1) is 8.58. The highest BCUT2D eigenvalue weighted by Crippen LogP contribution is 2.29. The van der Waals surface area contributed by atoms with Gasteiger partial charge in [-0.2, -0.15) is 4.39 Å². The van der Waals surface area contributed by atoms with E-state index in [1.807, 2.05) is 0 Å². The van der Waals surface area contributed by atoms with Crippen molar-refractivity contribution >= 4 is 34.8 Å². The molecule has 3 nitrogen and oxygen atoms in total. The van der Waals surface area contributed by atoms with Crippen molar-refractivity contribution in [3.05, 3.63) is 58.1 Å². The lowest BCUT2D eigenvalue weighted by molar-refractivity contribution is 0.102. The summed E-state index contributed by atoms with van der Waals surface area (Å²) in [5.74, 6) is -1.21. The number of aromatic nitrogens is 1. The number of nitrogens with one attached hydrogen (secondary N) is 1. The topological polar surface area (TPSA) is 42.0 Å². The van der Waals surface area contributed by atoms with Crippen LogP contribution in [0.2, 0.25) is 10.0 Å². The van der Waals surface area contributed by atoms with E-state index < -0.39 is 11.9 Å². The fourth-order valence-electron chi connectivity index (χ4n) is 1.34. The van der Waals surface area contributed by atoms with Crippen molar-refractivity contribution in [1.29, 1.82) is 0 Å². The van der Waals surface area contributed by atoms with Crippen LogP contribution in [0.15, 0.2) is 36.5 Å². The number of hydrogen-bond acceptors (Lipinski definition) is 2. The lowest BCUT2D eigenvalue weighted by Crippen LogP contribution is -2.12. The number of carbonyl (C=O) groups excluding carboxylic acids is 1. The fourth-order valence-corrected chi connectivity index (χ4v) is 1.69. The van der Waals surface area contributed by atoms with Gasteiger partial charge in [-0.05, 0) is 18.2 Å². The Hall–Kier alpha value is -1.65. The van der Waals surface area contributed by atoms with Crippen molar-refractivity contribution in [3.8, 4) is 0 Å². The van der Waals surface area contributed by atoms with Crippen LogP contribution in [0.25, 0.3) is 0 Å². The first kappa shape index (κ1) is 12.8. The largest absolute Gasteiger partial charge is 0.321 e. The van der Waals surface area contributed by atoms with Gasteiger partial charge >= 0.3 is 0 Å². The molecule has 0 saturated carbocycles. The second-order valence-electron chi connectivity index (χ2n) is 3.42. The van der Waals surface area contributed by atoms with E-state index in [4.69, 9.17) is 23.2 Å². The average Bonchev–Trinajstić information content (AvgIpc) is 2.35. The lowest BCUT2D eigenvalue weighted by atomic mass is 10.2. The molecule has 0 aliphatic carbocycles. The third kappa shape index (κ3) is 2.78. The number of benzene rings is 1. The van der Waals surface area contributed by atoms with Gasteiger partial charge in [-0.25, -0.2) is 4.98 Å². The maximum absolute atomic E-state index is 12.9. The summed E-state index contributed by atoms with van der Waals surface area (Å²) in [5.41, 5.74) is 0.518. The summed E-state index contributed by atoms with van der Waals surface area (Å²) in [6, 6.07) is 7.29. The summed E-state index contributed by atoms with van der Waals surface area (Å²) in [6.45, 7) is 0. The normalized spacial score (nSPS) is 10.2. The zero-order valence-electron chi connectivity index (χ0n) is 8.95. The summed E-state index contributed by atoms with van der Waals surface area (Å²) in [7, 11) is 0. The third-order valence-corrected chi connectivity index (χ3v) is 3.01. The van der Waals surface area contributed by atoms with Gasteiger partial charge in [0, 0.05) is 17.8 Å². The van der Waals surface area contributed by atoms with Crippen LogP contribution in [0.4, 0.5) is 10.1 Å². The average molecular weight is 285 g/mol. The van der Waals surface area contributed by atoms with E-state index in [1.54, 1.807) is 18.2 Å². The van der Waals surface area contributed by atoms with E-state index in [0.29, 0.717) is 10.7 Å². The summed E-state index contributed by atoms with van der Waals surface area (Å²) in [4.78, 5) is 15.2. The molecular formula is C12H7Cl2FN2O. The first-order valence-electron chi connectivity index (χ1n) is 4.95. The first-order valence-corrected chi connectivity index (χ1v) is 5.70. The number of pyridine rings is 1. The molecule has 2 aromatic rings. The summed E-state index contributed by atoms with van der Waals surface area (Å²) in [6.07, 6.45) is 1.21. The van der Waals surface area contributed by atoms with Crippen LogP contribution >= 0.6 is 23.2 Å². The highest BCUT2D eigenvalue weighted by Gasteiger charge is 2.10. The van der Waals surface area contributed by atoms with Gasteiger partial charge in [-0.15, -0.1) is 0 Å². The monoisotopic (exact) mass is 284 g/mol. The van der Waals surface area contributed by atoms with Gasteiger partial charge in [0.2, 0.25) is 5.95 Å². The predicted molar refractivity (Wildman–Crippen MR) is 68.6 cm³/mol. The Morgan fingerprint density at radius 1 is 1.28 bits per heavy atom. The van der Waals surface area contributed by atoms with E-state index >= 15 is 0 Å². The molecule has 1 aromatic carbocycles. The molecular weight excluding hydrogens is 278 g/mol. The van der Waals surface area contributed by atoms with Gasteiger partial charge in [-0.1, -0.05) is 29.3 Å². The van der Waals surface area contributed by atoms with Crippen LogP contribution in [0.5, 0.6) is 0 Å². The van der Waals surface area contributed by atoms with Gasteiger partial charge in [0.05, 0.1) is 15.7 Å². The zero-order chi connectivity index (χ0) is 13.1. The zero-order valence-corrected chi connectivity index (χ0v) is 10.5. The molecule has 0 aliphatic rings. The van der Waals surface area contributed by atoms with Crippen LogP contribution in [0, 0.1) is 5.95 Å². The van der Waals surface area contributed by atoms with Crippen molar-refractivity contribution in [2.24, 2.45) is 0 Å². The number of anilines is 1. The molecule has 1 heterocycles. The maximum Gasteiger partial charge on any atom is 0.255 e. The molecule has 0 aliphatic heterocycles. The number of nitrogens with zero attached hydrogens (tertiary/aromatic N) is 1. The van der Waals surface area contributed by atoms with E-state index in [-0.39, 0.29) is 10.6 Å². The quantitative estimate of drug-likeness (QED) is 0.853. The van der Waals surface area contributed by atoms with Crippen molar-refractivity contribution < 1.29 is 9.18 Å². The van der Waals surface area contributed by atoms with Gasteiger partial charge in [0.15, 0.2) is 0 Å². The molecule has 0 bridgehead atoms. The van der Waals surface area contributed by atoms with Crippen LogP contribution in [-0.2, 0) is 0 Å². The van der Waals surface area contributed by atoms with Gasteiger partial charge < -0.3 is 5.32 Å². The number of amides is 1. The smallest absolute Gasteiger partial charge is 0.255 e. The van der Waals surface area contributed by atoms with Crippen LogP contribution in [-0.4, -0.2) is 10.9 Å². The second-order valence-corrected chi connectivity index (χ2v) is 4.21. The molecule has 0 fully saturated rings. The van der Waals surface area contributed by atoms with E-state index in [0.717, 1.165) is 6.07 Å². The Morgan fingerprint density at radius 3 is 2.78 bits per heavy atom. The minimum absolute atomic E-state index is 0.151. The highest BCUT2D eigenvalue weighted by atomic mass is 35.5. The highest BCUT2D eigenvalue weighted by molar-refractivity contribution is 6.44. The Balaban J connectivity index is 2.24. The van der Waals surface area contributed by atoms with E-state index in [2.05, 4.69) is 10.3 Å². The minimum Gasteiger partial charge on any atom is -0.321 e. The molecule has 0 radical (unpaired) electrons. The molecule has 0 spiro atoms. The van der Waals surface area contributed by atoms with Gasteiger partial charge in [0.25, 0.3) is 5.91 Å². The summed E-state index contributed by atoms with van der Waals surface area (Å²) >= 11 is 11.7. The standard InChI is InChI=1S/C12H7Cl2FN2O/c13-8-2-1-3-9(11(8)14)17-12(18)7-4-5-16-10(15)6-7/h1-6H,(H,17,18). The van der Waals surface area contributed by atoms with E-state index in [1.165, 1.54) is 12.3 Å². The molecule has 92 valence electrons. The van der Waals surface area contributed by atoms with Crippen LogP contribution < -0.4 is 5.32 Å². The molecule has 0 saturated heterocycles. The van der Waals surface area contributed by atoms with Crippen molar-refractivity contribution in [1.82, 2.24) is 4.98 Å². The summed E-state index contributed by atoms with van der Waals surface area (Å²) < 4.78 is 12.9. The lowest BCUT2D eigenvalue weighted by Gasteiger charge is -2.07. The molecule has 18 heavy (non-hydrogen) atoms. The number of halogens is 3. The minimum atomic E-state index is -0.722.